The monoisotopic (exact) mass is 301 g/mol. The number of hydrogen-bond acceptors (Lipinski definition) is 1. The molecule has 0 aliphatic carbocycles. The summed E-state index contributed by atoms with van der Waals surface area (Å²) in [6.45, 7) is 7.34. The van der Waals surface area contributed by atoms with E-state index in [0.29, 0.717) is 5.92 Å². The average molecular weight is 302 g/mol. The summed E-state index contributed by atoms with van der Waals surface area (Å²) in [6.07, 6.45) is 2.33. The quantitative estimate of drug-likeness (QED) is 0.805. The maximum Gasteiger partial charge on any atom is 0.128 e. The topological polar surface area (TPSA) is 12.0 Å². The van der Waals surface area contributed by atoms with Crippen LogP contribution in [-0.4, -0.2) is 6.54 Å². The van der Waals surface area contributed by atoms with Crippen LogP contribution >= 0.6 is 15.9 Å². The van der Waals surface area contributed by atoms with Crippen molar-refractivity contribution in [3.8, 4) is 0 Å². The van der Waals surface area contributed by atoms with Crippen molar-refractivity contribution >= 4 is 15.9 Å². The van der Waals surface area contributed by atoms with E-state index in [-0.39, 0.29) is 11.9 Å². The molecule has 1 N–H and O–H groups in total. The summed E-state index contributed by atoms with van der Waals surface area (Å²) in [5, 5.41) is 3.41. The van der Waals surface area contributed by atoms with Gasteiger partial charge in [0, 0.05) is 16.1 Å². The van der Waals surface area contributed by atoms with E-state index in [1.165, 1.54) is 6.07 Å². The number of nitrogens with one attached hydrogen (secondary N) is 1. The van der Waals surface area contributed by atoms with Crippen LogP contribution in [-0.2, 0) is 0 Å². The summed E-state index contributed by atoms with van der Waals surface area (Å²) in [7, 11) is 0. The normalized spacial score (nSPS) is 13.1. The van der Waals surface area contributed by atoms with Crippen molar-refractivity contribution in [2.45, 2.75) is 39.7 Å². The van der Waals surface area contributed by atoms with E-state index in [2.05, 4.69) is 35.1 Å². The van der Waals surface area contributed by atoms with Gasteiger partial charge in [-0.05, 0) is 37.6 Å². The largest absolute Gasteiger partial charge is 0.310 e. The van der Waals surface area contributed by atoms with Gasteiger partial charge in [0.15, 0.2) is 0 Å². The van der Waals surface area contributed by atoms with Crippen molar-refractivity contribution in [1.82, 2.24) is 5.32 Å². The Morgan fingerprint density at radius 2 is 1.94 bits per heavy atom. The zero-order chi connectivity index (χ0) is 12.8. The van der Waals surface area contributed by atoms with E-state index in [0.717, 1.165) is 29.4 Å². The maximum absolute atomic E-state index is 13.6. The highest BCUT2D eigenvalue weighted by Gasteiger charge is 2.12. The fourth-order valence-electron chi connectivity index (χ4n) is 1.88. The molecule has 1 nitrogen and oxygen atoms in total. The van der Waals surface area contributed by atoms with Crippen LogP contribution in [0, 0.1) is 11.7 Å². The second-order valence-electron chi connectivity index (χ2n) is 4.48. The lowest BCUT2D eigenvalue weighted by atomic mass is 10.0. The zero-order valence-electron chi connectivity index (χ0n) is 10.8. The Bertz CT molecular complexity index is 350. The Morgan fingerprint density at radius 1 is 1.29 bits per heavy atom. The Labute approximate surface area is 112 Å². The molecule has 0 amide bonds. The number of hydrogen-bond donors (Lipinski definition) is 1. The third kappa shape index (κ3) is 4.40. The van der Waals surface area contributed by atoms with Crippen LogP contribution in [0.25, 0.3) is 0 Å². The van der Waals surface area contributed by atoms with E-state index >= 15 is 0 Å². The summed E-state index contributed by atoms with van der Waals surface area (Å²) in [5.74, 6) is 0.533. The first-order valence-corrected chi connectivity index (χ1v) is 7.06. The number of halogens is 2. The van der Waals surface area contributed by atoms with E-state index in [9.17, 15) is 4.39 Å². The molecule has 0 aliphatic heterocycles. The summed E-state index contributed by atoms with van der Waals surface area (Å²) >= 11 is 3.38. The van der Waals surface area contributed by atoms with Crippen molar-refractivity contribution in [3.63, 3.8) is 0 Å². The van der Waals surface area contributed by atoms with Gasteiger partial charge < -0.3 is 5.32 Å². The molecule has 0 heterocycles. The van der Waals surface area contributed by atoms with Gasteiger partial charge in [0.25, 0.3) is 0 Å². The van der Waals surface area contributed by atoms with Gasteiger partial charge in [0.1, 0.15) is 5.82 Å². The predicted octanol–water partition coefficient (Wildman–Crippen LogP) is 4.68. The first kappa shape index (κ1) is 14.7. The molecule has 0 saturated carbocycles. The molecular formula is C14H21BrFN. The molecule has 1 unspecified atom stereocenters. The molecule has 1 aromatic rings. The molecule has 3 heteroatoms. The molecule has 17 heavy (non-hydrogen) atoms. The van der Waals surface area contributed by atoms with Crippen molar-refractivity contribution in [2.75, 3.05) is 6.54 Å². The fourth-order valence-corrected chi connectivity index (χ4v) is 2.26. The first-order valence-electron chi connectivity index (χ1n) is 6.26. The van der Waals surface area contributed by atoms with Crippen LogP contribution in [0.2, 0.25) is 0 Å². The lowest BCUT2D eigenvalue weighted by molar-refractivity contribution is 0.416. The molecule has 0 saturated heterocycles. The second-order valence-corrected chi connectivity index (χ2v) is 5.39. The molecule has 0 fully saturated rings. The third-order valence-electron chi connectivity index (χ3n) is 3.29. The van der Waals surface area contributed by atoms with Gasteiger partial charge in [-0.15, -0.1) is 0 Å². The van der Waals surface area contributed by atoms with Gasteiger partial charge in [0.05, 0.1) is 0 Å². The molecular weight excluding hydrogens is 281 g/mol. The zero-order valence-corrected chi connectivity index (χ0v) is 12.3. The SMILES string of the molecule is CCC(CC)CNC(C)c1cc(Br)ccc1F. The average Bonchev–Trinajstić information content (AvgIpc) is 2.33. The Morgan fingerprint density at radius 3 is 2.53 bits per heavy atom. The van der Waals surface area contributed by atoms with Crippen molar-refractivity contribution < 1.29 is 4.39 Å². The van der Waals surface area contributed by atoms with Crippen LogP contribution in [0.5, 0.6) is 0 Å². The molecule has 0 radical (unpaired) electrons. The fraction of sp³-hybridized carbons (Fsp3) is 0.571. The summed E-state index contributed by atoms with van der Waals surface area (Å²) in [6, 6.07) is 5.13. The molecule has 0 aromatic heterocycles. The van der Waals surface area contributed by atoms with Crippen molar-refractivity contribution in [1.29, 1.82) is 0 Å². The van der Waals surface area contributed by atoms with Crippen LogP contribution in [0.4, 0.5) is 4.39 Å². The Kier molecular flexibility index (Phi) is 6.14. The van der Waals surface area contributed by atoms with Gasteiger partial charge in [-0.1, -0.05) is 42.6 Å². The molecule has 0 aliphatic rings. The van der Waals surface area contributed by atoms with Crippen LogP contribution in [0.1, 0.15) is 45.2 Å². The van der Waals surface area contributed by atoms with Gasteiger partial charge >= 0.3 is 0 Å². The van der Waals surface area contributed by atoms with E-state index < -0.39 is 0 Å². The summed E-state index contributed by atoms with van der Waals surface area (Å²) in [5.41, 5.74) is 0.727. The lowest BCUT2D eigenvalue weighted by Gasteiger charge is -2.19. The van der Waals surface area contributed by atoms with Gasteiger partial charge in [-0.2, -0.15) is 0 Å². The van der Waals surface area contributed by atoms with Crippen LogP contribution < -0.4 is 5.32 Å². The minimum Gasteiger partial charge on any atom is -0.310 e. The van der Waals surface area contributed by atoms with Gasteiger partial charge in [-0.3, -0.25) is 0 Å². The summed E-state index contributed by atoms with van der Waals surface area (Å²) < 4.78 is 14.6. The first-order chi connectivity index (χ1) is 8.08. The number of benzene rings is 1. The van der Waals surface area contributed by atoms with Crippen LogP contribution in [0.15, 0.2) is 22.7 Å². The highest BCUT2D eigenvalue weighted by molar-refractivity contribution is 9.10. The molecule has 1 aromatic carbocycles. The van der Waals surface area contributed by atoms with Gasteiger partial charge in [0.2, 0.25) is 0 Å². The van der Waals surface area contributed by atoms with E-state index in [1.54, 1.807) is 6.07 Å². The third-order valence-corrected chi connectivity index (χ3v) is 3.79. The highest BCUT2D eigenvalue weighted by Crippen LogP contribution is 2.22. The summed E-state index contributed by atoms with van der Waals surface area (Å²) in [4.78, 5) is 0. The van der Waals surface area contributed by atoms with Gasteiger partial charge in [-0.25, -0.2) is 4.39 Å². The Balaban J connectivity index is 2.63. The number of rotatable bonds is 6. The minimum absolute atomic E-state index is 0.0492. The molecule has 1 atom stereocenters. The standard InChI is InChI=1S/C14H21BrFN/c1-4-11(5-2)9-17-10(3)13-8-12(15)6-7-14(13)16/h6-8,10-11,17H,4-5,9H2,1-3H3. The Hall–Kier alpha value is -0.410. The second kappa shape index (κ2) is 7.12. The van der Waals surface area contributed by atoms with E-state index in [1.807, 2.05) is 13.0 Å². The van der Waals surface area contributed by atoms with E-state index in [4.69, 9.17) is 0 Å². The molecule has 1 rings (SSSR count). The molecule has 96 valence electrons. The molecule has 0 spiro atoms. The minimum atomic E-state index is -0.141. The van der Waals surface area contributed by atoms with Crippen molar-refractivity contribution in [2.24, 2.45) is 5.92 Å². The maximum atomic E-state index is 13.6. The highest BCUT2D eigenvalue weighted by atomic mass is 79.9. The lowest BCUT2D eigenvalue weighted by Crippen LogP contribution is -2.25. The molecule has 0 bridgehead atoms. The van der Waals surface area contributed by atoms with Crippen molar-refractivity contribution in [3.05, 3.63) is 34.1 Å². The smallest absolute Gasteiger partial charge is 0.128 e. The van der Waals surface area contributed by atoms with Crippen LogP contribution in [0.3, 0.4) is 0 Å². The predicted molar refractivity (Wildman–Crippen MR) is 74.6 cm³/mol.